The predicted octanol–water partition coefficient (Wildman–Crippen LogP) is 4.26. The minimum absolute atomic E-state index is 0. The van der Waals surface area contributed by atoms with Gasteiger partial charge in [0.05, 0.1) is 6.04 Å². The number of hydrogen-bond donors (Lipinski definition) is 1. The smallest absolute Gasteiger partial charge is 0.408 e. The molecule has 0 aromatic heterocycles. The molecule has 4 heteroatoms. The van der Waals surface area contributed by atoms with E-state index in [9.17, 15) is 9.59 Å². The number of rotatable bonds is 7. The summed E-state index contributed by atoms with van der Waals surface area (Å²) in [5.41, 5.74) is 0.539. The Labute approximate surface area is 128 Å². The molecule has 1 aromatic carbocycles. The maximum absolute atomic E-state index is 11.9. The van der Waals surface area contributed by atoms with Gasteiger partial charge in [-0.1, -0.05) is 36.8 Å². The molecule has 0 radical (unpaired) electrons. The van der Waals surface area contributed by atoms with Crippen LogP contribution in [0.15, 0.2) is 30.3 Å². The second kappa shape index (κ2) is 8.45. The van der Waals surface area contributed by atoms with Crippen molar-refractivity contribution in [1.82, 2.24) is 5.32 Å². The molecule has 1 rings (SSSR count). The molecule has 0 fully saturated rings. The third-order valence-corrected chi connectivity index (χ3v) is 2.96. The van der Waals surface area contributed by atoms with E-state index < -0.39 is 11.7 Å². The number of carbonyl (C=O) groups is 2. The summed E-state index contributed by atoms with van der Waals surface area (Å²) < 4.78 is 5.31. The normalized spacial score (nSPS) is 12.5. The molecule has 0 spiro atoms. The van der Waals surface area contributed by atoms with Gasteiger partial charge in [-0.3, -0.25) is 0 Å². The fourth-order valence-electron chi connectivity index (χ4n) is 2.03. The van der Waals surface area contributed by atoms with Gasteiger partial charge in [0.1, 0.15) is 11.9 Å². The molecule has 1 aromatic rings. The number of alkyl carbamates (subject to hydrolysis) is 1. The number of nitrogens with one attached hydrogen (secondary N) is 1. The van der Waals surface area contributed by atoms with Crippen molar-refractivity contribution in [1.29, 1.82) is 0 Å². The first-order chi connectivity index (χ1) is 9.92. The Kier molecular flexibility index (Phi) is 6.92. The van der Waals surface area contributed by atoms with Crippen LogP contribution in [-0.4, -0.2) is 18.0 Å². The number of amides is 1. The minimum Gasteiger partial charge on any atom is -0.444 e. The first-order valence-electron chi connectivity index (χ1n) is 7.40. The second-order valence-electron chi connectivity index (χ2n) is 6.06. The fourth-order valence-corrected chi connectivity index (χ4v) is 2.03. The quantitative estimate of drug-likeness (QED) is 0.603. The predicted molar refractivity (Wildman–Crippen MR) is 85.2 cm³/mol. The highest BCUT2D eigenvalue weighted by Gasteiger charge is 2.20. The van der Waals surface area contributed by atoms with E-state index >= 15 is 0 Å². The summed E-state index contributed by atoms with van der Waals surface area (Å²) in [6.45, 7) is 5.52. The monoisotopic (exact) mass is 293 g/mol. The topological polar surface area (TPSA) is 55.4 Å². The van der Waals surface area contributed by atoms with Gasteiger partial charge in [0.15, 0.2) is 0 Å². The number of hydrogen-bond acceptors (Lipinski definition) is 3. The van der Waals surface area contributed by atoms with Crippen molar-refractivity contribution in [3.05, 3.63) is 35.9 Å². The molecule has 0 heterocycles. The van der Waals surface area contributed by atoms with Crippen LogP contribution in [0.5, 0.6) is 0 Å². The lowest BCUT2D eigenvalue weighted by atomic mass is 10.0. The van der Waals surface area contributed by atoms with E-state index in [0.717, 1.165) is 31.1 Å². The molecule has 118 valence electrons. The third-order valence-electron chi connectivity index (χ3n) is 2.96. The Morgan fingerprint density at radius 1 is 1.29 bits per heavy atom. The van der Waals surface area contributed by atoms with Crippen molar-refractivity contribution in [2.45, 2.75) is 58.1 Å². The molecule has 0 aliphatic rings. The van der Waals surface area contributed by atoms with Crippen molar-refractivity contribution < 1.29 is 15.8 Å². The zero-order chi connectivity index (χ0) is 15.7. The van der Waals surface area contributed by atoms with Gasteiger partial charge in [-0.05, 0) is 39.2 Å². The van der Waals surface area contributed by atoms with Gasteiger partial charge in [-0.15, -0.1) is 0 Å². The van der Waals surface area contributed by atoms with Crippen LogP contribution in [0.25, 0.3) is 0 Å². The Bertz CT molecular complexity index is 443. The highest BCUT2D eigenvalue weighted by Crippen LogP contribution is 2.20. The van der Waals surface area contributed by atoms with Crippen LogP contribution in [0.4, 0.5) is 4.79 Å². The summed E-state index contributed by atoms with van der Waals surface area (Å²) in [6, 6.07) is 9.73. The zero-order valence-electron chi connectivity index (χ0n) is 13.1. The van der Waals surface area contributed by atoms with Gasteiger partial charge in [-0.2, -0.15) is 0 Å². The largest absolute Gasteiger partial charge is 0.444 e. The Morgan fingerprint density at radius 3 is 2.52 bits per heavy atom. The van der Waals surface area contributed by atoms with Gasteiger partial charge < -0.3 is 14.8 Å². The number of benzene rings is 1. The summed E-state index contributed by atoms with van der Waals surface area (Å²) in [5, 5.41) is 2.92. The molecule has 1 N–H and O–H groups in total. The van der Waals surface area contributed by atoms with Crippen molar-refractivity contribution in [2.24, 2.45) is 0 Å². The maximum atomic E-state index is 11.9. The van der Waals surface area contributed by atoms with Crippen LogP contribution in [0.2, 0.25) is 0 Å². The van der Waals surface area contributed by atoms with Crippen molar-refractivity contribution in [3.8, 4) is 0 Å². The van der Waals surface area contributed by atoms with Crippen LogP contribution in [0.1, 0.15) is 59.5 Å². The van der Waals surface area contributed by atoms with Crippen LogP contribution in [0.3, 0.4) is 0 Å². The number of aldehydes is 1. The van der Waals surface area contributed by atoms with Gasteiger partial charge in [0, 0.05) is 7.85 Å². The molecule has 1 atom stereocenters. The van der Waals surface area contributed by atoms with Crippen molar-refractivity contribution in [2.75, 3.05) is 0 Å². The first-order valence-corrected chi connectivity index (χ1v) is 7.40. The van der Waals surface area contributed by atoms with E-state index in [0.29, 0.717) is 6.42 Å². The molecule has 21 heavy (non-hydrogen) atoms. The van der Waals surface area contributed by atoms with Gasteiger partial charge in [-0.25, -0.2) is 4.79 Å². The first kappa shape index (κ1) is 17.2. The zero-order valence-corrected chi connectivity index (χ0v) is 13.1. The summed E-state index contributed by atoms with van der Waals surface area (Å²) in [6.07, 6.45) is 3.59. The fraction of sp³-hybridized carbons (Fsp3) is 0.529. The average molecular weight is 293 g/mol. The SMILES string of the molecule is CC(C)(C)OC(=O)NC(CCCCC=O)c1ccccc1.[HH]. The molecular formula is C17H27NO3. The van der Waals surface area contributed by atoms with Crippen molar-refractivity contribution in [3.63, 3.8) is 0 Å². The highest BCUT2D eigenvalue weighted by atomic mass is 16.6. The number of carbonyl (C=O) groups excluding carboxylic acids is 2. The second-order valence-corrected chi connectivity index (χ2v) is 6.06. The van der Waals surface area contributed by atoms with Crippen LogP contribution >= 0.6 is 0 Å². The Hall–Kier alpha value is -1.84. The lowest BCUT2D eigenvalue weighted by molar-refractivity contribution is -0.107. The summed E-state index contributed by atoms with van der Waals surface area (Å²) >= 11 is 0. The van der Waals surface area contributed by atoms with Gasteiger partial charge in [0.2, 0.25) is 0 Å². The van der Waals surface area contributed by atoms with Crippen LogP contribution in [0, 0.1) is 0 Å². The summed E-state index contributed by atoms with van der Waals surface area (Å²) in [5.74, 6) is 0. The maximum Gasteiger partial charge on any atom is 0.408 e. The average Bonchev–Trinajstić information content (AvgIpc) is 2.41. The molecule has 0 saturated carbocycles. The van der Waals surface area contributed by atoms with Gasteiger partial charge >= 0.3 is 6.09 Å². The number of ether oxygens (including phenoxy) is 1. The molecule has 4 nitrogen and oxygen atoms in total. The molecule has 1 amide bonds. The van der Waals surface area contributed by atoms with E-state index in [2.05, 4.69) is 5.32 Å². The van der Waals surface area contributed by atoms with E-state index in [1.807, 2.05) is 51.1 Å². The lowest BCUT2D eigenvalue weighted by Gasteiger charge is -2.24. The minimum atomic E-state index is -0.511. The molecule has 0 bridgehead atoms. The Morgan fingerprint density at radius 2 is 1.95 bits per heavy atom. The van der Waals surface area contributed by atoms with Crippen LogP contribution in [-0.2, 0) is 9.53 Å². The standard InChI is InChI=1S/C17H25NO3.H2/c1-17(2,3)21-16(20)18-15(12-8-5-9-13-19)14-10-6-4-7-11-14;/h4,6-7,10-11,13,15H,5,8-9,12H2,1-3H3,(H,18,20);1H. The molecule has 0 aliphatic carbocycles. The molecule has 1 unspecified atom stereocenters. The van der Waals surface area contributed by atoms with E-state index in [1.54, 1.807) is 0 Å². The van der Waals surface area contributed by atoms with Gasteiger partial charge in [0.25, 0.3) is 0 Å². The molecular weight excluding hydrogens is 266 g/mol. The van der Waals surface area contributed by atoms with Crippen LogP contribution < -0.4 is 5.32 Å². The molecule has 0 saturated heterocycles. The number of unbranched alkanes of at least 4 members (excludes halogenated alkanes) is 2. The third kappa shape index (κ3) is 7.49. The van der Waals surface area contributed by atoms with E-state index in [1.165, 1.54) is 0 Å². The van der Waals surface area contributed by atoms with E-state index in [4.69, 9.17) is 4.74 Å². The Balaban J connectivity index is 0.00000441. The lowest BCUT2D eigenvalue weighted by Crippen LogP contribution is -2.35. The molecule has 0 aliphatic heterocycles. The summed E-state index contributed by atoms with van der Waals surface area (Å²) in [4.78, 5) is 22.3. The summed E-state index contributed by atoms with van der Waals surface area (Å²) in [7, 11) is 0. The highest BCUT2D eigenvalue weighted by molar-refractivity contribution is 5.68. The van der Waals surface area contributed by atoms with Crippen molar-refractivity contribution >= 4 is 12.4 Å². The van der Waals surface area contributed by atoms with E-state index in [-0.39, 0.29) is 7.47 Å².